The number of anilines is 2. The van der Waals surface area contributed by atoms with Crippen molar-refractivity contribution in [3.8, 4) is 0 Å². The molecule has 2 atom stereocenters. The van der Waals surface area contributed by atoms with E-state index in [1.54, 1.807) is 43.1 Å². The molecule has 0 amide bonds. The second kappa shape index (κ2) is 10.6. The average molecular weight is 662 g/mol. The Kier molecular flexibility index (Phi) is 6.11. The maximum Gasteiger partial charge on any atom is 0.229 e. The van der Waals surface area contributed by atoms with Gasteiger partial charge in [-0.25, -0.2) is 9.97 Å². The van der Waals surface area contributed by atoms with Crippen molar-refractivity contribution in [2.45, 2.75) is 11.1 Å². The molecule has 0 fully saturated rings. The SMILES string of the molecule is c1c[nH]c(C2(c3ncco3)N(c3ccon3)C(c3nccs3)=C(c3ccsn3)N(c3cn[nH]n3)C2(c2ccnnn2)c2ccn[nH]2)c1. The lowest BCUT2D eigenvalue weighted by molar-refractivity contribution is 0.229. The Morgan fingerprint density at radius 2 is 1.81 bits per heavy atom. The summed E-state index contributed by atoms with van der Waals surface area (Å²) in [5, 5.41) is 41.3. The Labute approximate surface area is 271 Å². The number of hydrogen-bond acceptors (Lipinski definition) is 16. The molecule has 8 aromatic rings. The fourth-order valence-corrected chi connectivity index (χ4v) is 7.64. The van der Waals surface area contributed by atoms with Crippen molar-refractivity contribution in [2.24, 2.45) is 0 Å². The van der Waals surface area contributed by atoms with Crippen LogP contribution in [-0.2, 0) is 11.1 Å². The number of aromatic nitrogens is 13. The molecule has 9 rings (SSSR count). The molecule has 1 aliphatic heterocycles. The largest absolute Gasteiger partial charge is 0.446 e. The molecule has 0 spiro atoms. The van der Waals surface area contributed by atoms with Crippen LogP contribution in [0.4, 0.5) is 11.6 Å². The van der Waals surface area contributed by atoms with Gasteiger partial charge < -0.3 is 13.9 Å². The van der Waals surface area contributed by atoms with Crippen LogP contribution < -0.4 is 9.80 Å². The maximum absolute atomic E-state index is 6.41. The van der Waals surface area contributed by atoms with Crippen LogP contribution in [0, 0.1) is 0 Å². The molecule has 0 saturated carbocycles. The zero-order valence-corrected chi connectivity index (χ0v) is 25.4. The van der Waals surface area contributed by atoms with E-state index in [1.807, 2.05) is 51.0 Å². The highest BCUT2D eigenvalue weighted by Crippen LogP contribution is 2.64. The molecular formula is C28H19N15O2S2. The first kappa shape index (κ1) is 27.0. The molecule has 47 heavy (non-hydrogen) atoms. The molecule has 0 aliphatic carbocycles. The summed E-state index contributed by atoms with van der Waals surface area (Å²) in [5.41, 5.74) is 0.197. The second-order valence-corrected chi connectivity index (χ2v) is 11.7. The summed E-state index contributed by atoms with van der Waals surface area (Å²) in [4.78, 5) is 17.2. The van der Waals surface area contributed by atoms with E-state index in [0.717, 1.165) is 0 Å². The van der Waals surface area contributed by atoms with Gasteiger partial charge in [-0.15, -0.1) is 26.6 Å². The van der Waals surface area contributed by atoms with Crippen LogP contribution in [-0.4, -0.2) is 65.5 Å². The quantitative estimate of drug-likeness (QED) is 0.212. The summed E-state index contributed by atoms with van der Waals surface area (Å²) >= 11 is 2.74. The zero-order valence-electron chi connectivity index (χ0n) is 23.7. The predicted octanol–water partition coefficient (Wildman–Crippen LogP) is 3.67. The molecule has 17 nitrogen and oxygen atoms in total. The van der Waals surface area contributed by atoms with E-state index in [4.69, 9.17) is 28.4 Å². The molecule has 9 heterocycles. The molecule has 0 radical (unpaired) electrons. The van der Waals surface area contributed by atoms with Crippen molar-refractivity contribution in [3.63, 3.8) is 0 Å². The van der Waals surface area contributed by atoms with Crippen molar-refractivity contribution in [1.82, 2.24) is 65.5 Å². The number of nitrogens with zero attached hydrogens (tertiary/aromatic N) is 12. The standard InChI is InChI=1S/C28H19N15O2S2/c1-2-18(29-7-1)28(26-31-10-13-44-26)27(19-3-8-32-35-19,20-4-9-33-40-36-20)43(22-16-34-41-37-22)23(17-6-14-47-39-17)24(25-30-11-15-46-25)42(28)21-5-12-45-38-21/h1-16,29H,(H,32,35)(H,34,37,41). The van der Waals surface area contributed by atoms with Crippen molar-refractivity contribution in [2.75, 3.05) is 9.80 Å². The van der Waals surface area contributed by atoms with E-state index in [9.17, 15) is 0 Å². The minimum Gasteiger partial charge on any atom is -0.446 e. The summed E-state index contributed by atoms with van der Waals surface area (Å²) in [6, 6.07) is 11.1. The molecule has 2 unspecified atom stereocenters. The smallest absolute Gasteiger partial charge is 0.229 e. The molecule has 230 valence electrons. The first-order valence-corrected chi connectivity index (χ1v) is 15.7. The molecule has 1 aliphatic rings. The Morgan fingerprint density at radius 3 is 2.47 bits per heavy atom. The van der Waals surface area contributed by atoms with Crippen molar-refractivity contribution in [3.05, 3.63) is 131 Å². The lowest BCUT2D eigenvalue weighted by Crippen LogP contribution is -2.71. The van der Waals surface area contributed by atoms with E-state index in [-0.39, 0.29) is 5.89 Å². The van der Waals surface area contributed by atoms with Gasteiger partial charge in [0.15, 0.2) is 22.7 Å². The van der Waals surface area contributed by atoms with Gasteiger partial charge in [-0.1, -0.05) is 5.16 Å². The van der Waals surface area contributed by atoms with Crippen LogP contribution in [0.3, 0.4) is 0 Å². The van der Waals surface area contributed by atoms with Crippen molar-refractivity contribution < 1.29 is 8.94 Å². The molecular weight excluding hydrogens is 643 g/mol. The lowest BCUT2D eigenvalue weighted by Gasteiger charge is -2.60. The fraction of sp³-hybridized carbons (Fsp3) is 0.0714. The van der Waals surface area contributed by atoms with E-state index >= 15 is 0 Å². The van der Waals surface area contributed by atoms with Gasteiger partial charge >= 0.3 is 0 Å². The summed E-state index contributed by atoms with van der Waals surface area (Å²) in [5.74, 6) is 1.05. The van der Waals surface area contributed by atoms with Crippen LogP contribution in [0.25, 0.3) is 11.4 Å². The normalized spacial score (nSPS) is 19.9. The maximum atomic E-state index is 6.41. The van der Waals surface area contributed by atoms with E-state index in [0.29, 0.717) is 50.8 Å². The summed E-state index contributed by atoms with van der Waals surface area (Å²) in [6.45, 7) is 0. The highest BCUT2D eigenvalue weighted by atomic mass is 32.1. The third-order valence-corrected chi connectivity index (χ3v) is 9.30. The molecule has 0 bridgehead atoms. The fourth-order valence-electron chi connectivity index (χ4n) is 6.46. The lowest BCUT2D eigenvalue weighted by atomic mass is 9.65. The first-order chi connectivity index (χ1) is 23.3. The molecule has 0 saturated heterocycles. The Morgan fingerprint density at radius 1 is 0.830 bits per heavy atom. The van der Waals surface area contributed by atoms with Crippen LogP contribution in [0.5, 0.6) is 0 Å². The van der Waals surface area contributed by atoms with Gasteiger partial charge in [0.25, 0.3) is 0 Å². The van der Waals surface area contributed by atoms with Crippen molar-refractivity contribution >= 4 is 45.9 Å². The minimum absolute atomic E-state index is 0.246. The van der Waals surface area contributed by atoms with Crippen LogP contribution in [0.15, 0.2) is 106 Å². The summed E-state index contributed by atoms with van der Waals surface area (Å²) in [6.07, 6.45) is 13.0. The number of nitrogens with one attached hydrogen (secondary N) is 3. The topological polar surface area (TPSA) is 209 Å². The number of thiazole rings is 1. The second-order valence-electron chi connectivity index (χ2n) is 10.1. The molecule has 0 aromatic carbocycles. The van der Waals surface area contributed by atoms with Crippen molar-refractivity contribution in [1.29, 1.82) is 0 Å². The third-order valence-electron chi connectivity index (χ3n) is 7.96. The Balaban J connectivity index is 1.62. The number of hydrogen-bond donors (Lipinski definition) is 3. The Bertz CT molecular complexity index is 2160. The Hall–Kier alpha value is -6.34. The van der Waals surface area contributed by atoms with Gasteiger partial charge in [0.2, 0.25) is 5.89 Å². The number of oxazole rings is 1. The molecule has 3 N–H and O–H groups in total. The first-order valence-electron chi connectivity index (χ1n) is 13.9. The van der Waals surface area contributed by atoms with Gasteiger partial charge in [-0.3, -0.25) is 14.9 Å². The number of H-pyrrole nitrogens is 3. The predicted molar refractivity (Wildman–Crippen MR) is 166 cm³/mol. The van der Waals surface area contributed by atoms with Gasteiger partial charge in [0, 0.05) is 35.4 Å². The summed E-state index contributed by atoms with van der Waals surface area (Å²) in [7, 11) is 0. The average Bonchev–Trinajstić information content (AvgIpc) is 3.98. The van der Waals surface area contributed by atoms with Gasteiger partial charge in [-0.05, 0) is 47.1 Å². The summed E-state index contributed by atoms with van der Waals surface area (Å²) < 4.78 is 16.8. The highest BCUT2D eigenvalue weighted by molar-refractivity contribution is 7.10. The van der Waals surface area contributed by atoms with Gasteiger partial charge in [0.1, 0.15) is 34.6 Å². The van der Waals surface area contributed by atoms with E-state index in [1.165, 1.54) is 35.4 Å². The van der Waals surface area contributed by atoms with Crippen LogP contribution >= 0.6 is 22.9 Å². The highest BCUT2D eigenvalue weighted by Gasteiger charge is 2.73. The minimum atomic E-state index is -1.58. The van der Waals surface area contributed by atoms with E-state index in [2.05, 4.69) is 46.1 Å². The van der Waals surface area contributed by atoms with E-state index < -0.39 is 11.1 Å². The number of rotatable bonds is 8. The van der Waals surface area contributed by atoms with Crippen LogP contribution in [0.1, 0.15) is 33.7 Å². The third kappa shape index (κ3) is 3.68. The number of aromatic amines is 3. The van der Waals surface area contributed by atoms with Gasteiger partial charge in [-0.2, -0.15) is 19.8 Å². The molecule has 19 heteroatoms. The monoisotopic (exact) mass is 661 g/mol. The van der Waals surface area contributed by atoms with Crippen LogP contribution in [0.2, 0.25) is 0 Å². The van der Waals surface area contributed by atoms with Gasteiger partial charge in [0.05, 0.1) is 35.7 Å². The zero-order chi connectivity index (χ0) is 31.3. The molecule has 8 aromatic heterocycles.